The number of rotatable bonds is 5. The highest BCUT2D eigenvalue weighted by atomic mass is 32.1. The summed E-state index contributed by atoms with van der Waals surface area (Å²) in [5.74, 6) is -0.0437. The molecule has 0 atom stereocenters. The van der Waals surface area contributed by atoms with E-state index in [4.69, 9.17) is 18.0 Å². The first-order valence-electron chi connectivity index (χ1n) is 6.74. The van der Waals surface area contributed by atoms with Gasteiger partial charge in [-0.25, -0.2) is 0 Å². The Labute approximate surface area is 119 Å². The maximum atomic E-state index is 12.1. The van der Waals surface area contributed by atoms with E-state index in [0.29, 0.717) is 16.0 Å². The van der Waals surface area contributed by atoms with Crippen molar-refractivity contribution < 1.29 is 4.79 Å². The van der Waals surface area contributed by atoms with Gasteiger partial charge in [-0.15, -0.1) is 0 Å². The Kier molecular flexibility index (Phi) is 4.20. The highest BCUT2D eigenvalue weighted by Gasteiger charge is 2.35. The quantitative estimate of drug-likeness (QED) is 0.813. The molecule has 2 rings (SSSR count). The summed E-state index contributed by atoms with van der Waals surface area (Å²) >= 11 is 4.92. The van der Waals surface area contributed by atoms with Gasteiger partial charge in [0.05, 0.1) is 0 Å². The normalized spacial score (nSPS) is 16.5. The van der Waals surface area contributed by atoms with Crippen LogP contribution >= 0.6 is 12.2 Å². The van der Waals surface area contributed by atoms with Gasteiger partial charge in [-0.3, -0.25) is 4.79 Å². The molecule has 3 N–H and O–H groups in total. The monoisotopic (exact) mass is 276 g/mol. The van der Waals surface area contributed by atoms with Crippen molar-refractivity contribution in [3.63, 3.8) is 0 Å². The average molecular weight is 276 g/mol. The van der Waals surface area contributed by atoms with Gasteiger partial charge in [-0.05, 0) is 36.8 Å². The predicted molar refractivity (Wildman–Crippen MR) is 81.2 cm³/mol. The minimum absolute atomic E-state index is 0.0437. The lowest BCUT2D eigenvalue weighted by Gasteiger charge is -2.41. The standard InChI is InChI=1S/C15H20N2OS/c1-2-15(7-4-8-15)10-17-14(18)12-6-3-5-11(9-12)13(16)19/h3,5-6,9H,2,4,7-8,10H2,1H3,(H2,16,19)(H,17,18). The van der Waals surface area contributed by atoms with Crippen molar-refractivity contribution in [2.45, 2.75) is 32.6 Å². The zero-order valence-corrected chi connectivity index (χ0v) is 12.1. The summed E-state index contributed by atoms with van der Waals surface area (Å²) in [5, 5.41) is 3.04. The third-order valence-corrected chi connectivity index (χ3v) is 4.43. The summed E-state index contributed by atoms with van der Waals surface area (Å²) in [4.78, 5) is 12.4. The van der Waals surface area contributed by atoms with Gasteiger partial charge in [0.2, 0.25) is 0 Å². The van der Waals surface area contributed by atoms with Gasteiger partial charge in [0, 0.05) is 17.7 Å². The Morgan fingerprint density at radius 3 is 2.63 bits per heavy atom. The second kappa shape index (κ2) is 5.70. The van der Waals surface area contributed by atoms with E-state index in [1.165, 1.54) is 19.3 Å². The number of benzene rings is 1. The fraction of sp³-hybridized carbons (Fsp3) is 0.467. The van der Waals surface area contributed by atoms with Crippen LogP contribution in [-0.4, -0.2) is 17.4 Å². The molecule has 1 aliphatic rings. The van der Waals surface area contributed by atoms with Crippen molar-refractivity contribution in [2.24, 2.45) is 11.1 Å². The molecular weight excluding hydrogens is 256 g/mol. The summed E-state index contributed by atoms with van der Waals surface area (Å²) < 4.78 is 0. The van der Waals surface area contributed by atoms with Crippen LogP contribution in [0.5, 0.6) is 0 Å². The molecule has 3 nitrogen and oxygen atoms in total. The van der Waals surface area contributed by atoms with Crippen LogP contribution in [0.15, 0.2) is 24.3 Å². The van der Waals surface area contributed by atoms with Crippen LogP contribution in [0.25, 0.3) is 0 Å². The van der Waals surface area contributed by atoms with Crippen molar-refractivity contribution in [2.75, 3.05) is 6.54 Å². The van der Waals surface area contributed by atoms with Crippen LogP contribution in [0.1, 0.15) is 48.5 Å². The number of nitrogens with one attached hydrogen (secondary N) is 1. The van der Waals surface area contributed by atoms with Crippen molar-refractivity contribution >= 4 is 23.1 Å². The van der Waals surface area contributed by atoms with Crippen molar-refractivity contribution in [3.8, 4) is 0 Å². The summed E-state index contributed by atoms with van der Waals surface area (Å²) in [6, 6.07) is 7.16. The van der Waals surface area contributed by atoms with E-state index >= 15 is 0 Å². The lowest BCUT2D eigenvalue weighted by molar-refractivity contribution is 0.0850. The predicted octanol–water partition coefficient (Wildman–Crippen LogP) is 2.63. The Hall–Kier alpha value is -1.42. The molecule has 0 unspecified atom stereocenters. The third-order valence-electron chi connectivity index (χ3n) is 4.20. The summed E-state index contributed by atoms with van der Waals surface area (Å²) in [6.45, 7) is 2.96. The highest BCUT2D eigenvalue weighted by molar-refractivity contribution is 7.80. The zero-order chi connectivity index (χ0) is 13.9. The Balaban J connectivity index is 2.00. The van der Waals surface area contributed by atoms with Crippen LogP contribution in [0.3, 0.4) is 0 Å². The van der Waals surface area contributed by atoms with Gasteiger partial charge in [0.25, 0.3) is 5.91 Å². The molecule has 1 saturated carbocycles. The van der Waals surface area contributed by atoms with E-state index in [9.17, 15) is 4.79 Å². The van der Waals surface area contributed by atoms with Crippen molar-refractivity contribution in [1.29, 1.82) is 0 Å². The zero-order valence-electron chi connectivity index (χ0n) is 11.2. The van der Waals surface area contributed by atoms with Gasteiger partial charge in [-0.2, -0.15) is 0 Å². The number of nitrogens with two attached hydrogens (primary N) is 1. The second-order valence-electron chi connectivity index (χ2n) is 5.33. The number of carbonyl (C=O) groups excluding carboxylic acids is 1. The summed E-state index contributed by atoms with van der Waals surface area (Å²) in [6.07, 6.45) is 4.84. The first-order valence-corrected chi connectivity index (χ1v) is 7.15. The molecule has 1 aromatic carbocycles. The molecule has 0 spiro atoms. The fourth-order valence-corrected chi connectivity index (χ4v) is 2.64. The Morgan fingerprint density at radius 1 is 1.42 bits per heavy atom. The van der Waals surface area contributed by atoms with Crippen LogP contribution in [0, 0.1) is 5.41 Å². The van der Waals surface area contributed by atoms with Crippen LogP contribution < -0.4 is 11.1 Å². The minimum Gasteiger partial charge on any atom is -0.389 e. The highest BCUT2D eigenvalue weighted by Crippen LogP contribution is 2.43. The molecule has 19 heavy (non-hydrogen) atoms. The van der Waals surface area contributed by atoms with Gasteiger partial charge in [0.15, 0.2) is 0 Å². The van der Waals surface area contributed by atoms with E-state index in [-0.39, 0.29) is 5.91 Å². The molecule has 1 aliphatic carbocycles. The SMILES string of the molecule is CCC1(CNC(=O)c2cccc(C(N)=S)c2)CCC1. The summed E-state index contributed by atoms with van der Waals surface area (Å²) in [5.41, 5.74) is 7.26. The van der Waals surface area contributed by atoms with E-state index in [0.717, 1.165) is 18.5 Å². The summed E-state index contributed by atoms with van der Waals surface area (Å²) in [7, 11) is 0. The molecule has 0 saturated heterocycles. The second-order valence-corrected chi connectivity index (χ2v) is 5.77. The maximum absolute atomic E-state index is 12.1. The molecular formula is C15H20N2OS. The topological polar surface area (TPSA) is 55.1 Å². The maximum Gasteiger partial charge on any atom is 0.251 e. The van der Waals surface area contributed by atoms with Gasteiger partial charge in [0.1, 0.15) is 4.99 Å². The number of thiocarbonyl (C=S) groups is 1. The fourth-order valence-electron chi connectivity index (χ4n) is 2.52. The molecule has 0 bridgehead atoms. The van der Waals surface area contributed by atoms with Crippen LogP contribution in [0.2, 0.25) is 0 Å². The van der Waals surface area contributed by atoms with E-state index in [1.807, 2.05) is 12.1 Å². The molecule has 0 radical (unpaired) electrons. The Morgan fingerprint density at radius 2 is 2.11 bits per heavy atom. The van der Waals surface area contributed by atoms with Crippen LogP contribution in [-0.2, 0) is 0 Å². The molecule has 0 heterocycles. The first kappa shape index (κ1) is 14.0. The van der Waals surface area contributed by atoms with Crippen LogP contribution in [0.4, 0.5) is 0 Å². The number of carbonyl (C=O) groups is 1. The van der Waals surface area contributed by atoms with Crippen molar-refractivity contribution in [1.82, 2.24) is 5.32 Å². The van der Waals surface area contributed by atoms with Crippen molar-refractivity contribution in [3.05, 3.63) is 35.4 Å². The van der Waals surface area contributed by atoms with E-state index < -0.39 is 0 Å². The van der Waals surface area contributed by atoms with Gasteiger partial charge < -0.3 is 11.1 Å². The van der Waals surface area contributed by atoms with Gasteiger partial charge in [-0.1, -0.05) is 37.7 Å². The average Bonchev–Trinajstić information content (AvgIpc) is 2.38. The molecule has 0 aliphatic heterocycles. The molecule has 102 valence electrons. The lowest BCUT2D eigenvalue weighted by atomic mass is 9.67. The Bertz CT molecular complexity index is 489. The van der Waals surface area contributed by atoms with Gasteiger partial charge >= 0.3 is 0 Å². The lowest BCUT2D eigenvalue weighted by Crippen LogP contribution is -2.41. The molecule has 1 aromatic rings. The number of hydrogen-bond acceptors (Lipinski definition) is 2. The largest absolute Gasteiger partial charge is 0.389 e. The van der Waals surface area contributed by atoms with E-state index in [1.54, 1.807) is 12.1 Å². The molecule has 1 fully saturated rings. The molecule has 0 aromatic heterocycles. The molecule has 4 heteroatoms. The minimum atomic E-state index is -0.0437. The third kappa shape index (κ3) is 3.13. The number of hydrogen-bond donors (Lipinski definition) is 2. The smallest absolute Gasteiger partial charge is 0.251 e. The molecule has 1 amide bonds. The number of amides is 1. The van der Waals surface area contributed by atoms with E-state index in [2.05, 4.69) is 12.2 Å². The first-order chi connectivity index (χ1) is 9.06.